The van der Waals surface area contributed by atoms with Gasteiger partial charge in [0.1, 0.15) is 5.82 Å². The second-order valence-corrected chi connectivity index (χ2v) is 6.64. The standard InChI is InChI=1S/C19H17FN2OS/c1-12(2)13-6-8-14(9-7-13)17-11-24-19(21-17)22-18(23)15-4-3-5-16(20)10-15/h3-12H,1-2H3,(H,21,22,23). The van der Waals surface area contributed by atoms with Crippen molar-refractivity contribution < 1.29 is 9.18 Å². The Bertz CT molecular complexity index is 856. The van der Waals surface area contributed by atoms with Crippen molar-refractivity contribution in [3.05, 3.63) is 70.9 Å². The summed E-state index contributed by atoms with van der Waals surface area (Å²) in [4.78, 5) is 16.6. The minimum Gasteiger partial charge on any atom is -0.298 e. The Balaban J connectivity index is 1.74. The molecule has 3 rings (SSSR count). The van der Waals surface area contributed by atoms with Crippen LogP contribution in [0.1, 0.15) is 35.7 Å². The number of carbonyl (C=O) groups excluding carboxylic acids is 1. The number of benzene rings is 2. The molecule has 0 aliphatic carbocycles. The molecule has 1 N–H and O–H groups in total. The number of hydrogen-bond acceptors (Lipinski definition) is 3. The van der Waals surface area contributed by atoms with Crippen LogP contribution in [0.5, 0.6) is 0 Å². The fourth-order valence-electron chi connectivity index (χ4n) is 2.30. The Labute approximate surface area is 144 Å². The quantitative estimate of drug-likeness (QED) is 0.698. The predicted molar refractivity (Wildman–Crippen MR) is 96.0 cm³/mol. The molecule has 0 saturated carbocycles. The first-order valence-electron chi connectivity index (χ1n) is 7.65. The van der Waals surface area contributed by atoms with Gasteiger partial charge in [-0.1, -0.05) is 44.2 Å². The average molecular weight is 340 g/mol. The lowest BCUT2D eigenvalue weighted by atomic mass is 10.0. The van der Waals surface area contributed by atoms with E-state index in [4.69, 9.17) is 0 Å². The summed E-state index contributed by atoms with van der Waals surface area (Å²) >= 11 is 1.35. The maximum atomic E-state index is 13.2. The maximum absolute atomic E-state index is 13.2. The number of carbonyl (C=O) groups is 1. The van der Waals surface area contributed by atoms with Crippen LogP contribution in [0.4, 0.5) is 9.52 Å². The molecule has 3 aromatic rings. The number of thiazole rings is 1. The summed E-state index contributed by atoms with van der Waals surface area (Å²) in [6, 6.07) is 13.8. The lowest BCUT2D eigenvalue weighted by Gasteiger charge is -2.05. The van der Waals surface area contributed by atoms with E-state index in [1.54, 1.807) is 6.07 Å². The van der Waals surface area contributed by atoms with Gasteiger partial charge in [0, 0.05) is 16.5 Å². The molecule has 5 heteroatoms. The number of anilines is 1. The van der Waals surface area contributed by atoms with E-state index in [1.807, 2.05) is 17.5 Å². The molecule has 1 amide bonds. The Kier molecular flexibility index (Phi) is 4.71. The highest BCUT2D eigenvalue weighted by molar-refractivity contribution is 7.14. The van der Waals surface area contributed by atoms with E-state index in [2.05, 4.69) is 36.3 Å². The van der Waals surface area contributed by atoms with Crippen molar-refractivity contribution in [1.82, 2.24) is 4.98 Å². The van der Waals surface area contributed by atoms with Crippen LogP contribution in [0.2, 0.25) is 0 Å². The Morgan fingerprint density at radius 3 is 2.58 bits per heavy atom. The molecule has 0 unspecified atom stereocenters. The first-order chi connectivity index (χ1) is 11.5. The molecule has 0 aliphatic heterocycles. The lowest BCUT2D eigenvalue weighted by molar-refractivity contribution is 0.102. The second kappa shape index (κ2) is 6.93. The van der Waals surface area contributed by atoms with E-state index in [0.717, 1.165) is 11.3 Å². The summed E-state index contributed by atoms with van der Waals surface area (Å²) in [5, 5.41) is 5.09. The van der Waals surface area contributed by atoms with Crippen LogP contribution < -0.4 is 5.32 Å². The summed E-state index contributed by atoms with van der Waals surface area (Å²) in [7, 11) is 0. The van der Waals surface area contributed by atoms with Gasteiger partial charge in [-0.2, -0.15) is 0 Å². The van der Waals surface area contributed by atoms with Crippen molar-refractivity contribution in [3.8, 4) is 11.3 Å². The fourth-order valence-corrected chi connectivity index (χ4v) is 3.02. The molecule has 0 fully saturated rings. The molecule has 122 valence electrons. The summed E-state index contributed by atoms with van der Waals surface area (Å²) in [6.07, 6.45) is 0. The number of halogens is 1. The first-order valence-corrected chi connectivity index (χ1v) is 8.53. The Hall–Kier alpha value is -2.53. The first kappa shape index (κ1) is 16.3. The number of nitrogens with one attached hydrogen (secondary N) is 1. The van der Waals surface area contributed by atoms with Crippen LogP contribution in [0.3, 0.4) is 0 Å². The van der Waals surface area contributed by atoms with Crippen molar-refractivity contribution in [2.75, 3.05) is 5.32 Å². The highest BCUT2D eigenvalue weighted by Gasteiger charge is 2.11. The molecule has 0 radical (unpaired) electrons. The minimum absolute atomic E-state index is 0.271. The van der Waals surface area contributed by atoms with Crippen LogP contribution in [0, 0.1) is 5.82 Å². The van der Waals surface area contributed by atoms with Crippen molar-refractivity contribution in [1.29, 1.82) is 0 Å². The zero-order valence-electron chi connectivity index (χ0n) is 13.4. The summed E-state index contributed by atoms with van der Waals surface area (Å²) < 4.78 is 13.2. The van der Waals surface area contributed by atoms with Crippen molar-refractivity contribution in [3.63, 3.8) is 0 Å². The fraction of sp³-hybridized carbons (Fsp3) is 0.158. The SMILES string of the molecule is CC(C)c1ccc(-c2csc(NC(=O)c3cccc(F)c3)n2)cc1. The number of hydrogen-bond donors (Lipinski definition) is 1. The highest BCUT2D eigenvalue weighted by atomic mass is 32.1. The average Bonchev–Trinajstić information content (AvgIpc) is 3.03. The monoisotopic (exact) mass is 340 g/mol. The van der Waals surface area contributed by atoms with Crippen LogP contribution in [-0.4, -0.2) is 10.9 Å². The molecule has 1 heterocycles. The number of rotatable bonds is 4. The van der Waals surface area contributed by atoms with E-state index >= 15 is 0 Å². The molecular weight excluding hydrogens is 323 g/mol. The van der Waals surface area contributed by atoms with Gasteiger partial charge in [-0.15, -0.1) is 11.3 Å². The second-order valence-electron chi connectivity index (χ2n) is 5.78. The molecule has 24 heavy (non-hydrogen) atoms. The van der Waals surface area contributed by atoms with Crippen molar-refractivity contribution in [2.24, 2.45) is 0 Å². The van der Waals surface area contributed by atoms with Gasteiger partial charge < -0.3 is 0 Å². The van der Waals surface area contributed by atoms with Gasteiger partial charge in [0.15, 0.2) is 5.13 Å². The summed E-state index contributed by atoms with van der Waals surface area (Å²) in [6.45, 7) is 4.30. The molecule has 0 bridgehead atoms. The van der Waals surface area contributed by atoms with E-state index in [1.165, 1.54) is 35.1 Å². The predicted octanol–water partition coefficient (Wildman–Crippen LogP) is 5.32. The van der Waals surface area contributed by atoms with E-state index in [-0.39, 0.29) is 11.5 Å². The molecule has 3 nitrogen and oxygen atoms in total. The van der Waals surface area contributed by atoms with Crippen LogP contribution >= 0.6 is 11.3 Å². The number of amides is 1. The normalized spacial score (nSPS) is 10.8. The number of aromatic nitrogens is 1. The van der Waals surface area contributed by atoms with Crippen molar-refractivity contribution >= 4 is 22.4 Å². The molecule has 0 spiro atoms. The van der Waals surface area contributed by atoms with Gasteiger partial charge in [0.25, 0.3) is 5.91 Å². The minimum atomic E-state index is -0.437. The molecule has 0 atom stereocenters. The van der Waals surface area contributed by atoms with Gasteiger partial charge in [0.2, 0.25) is 0 Å². The topological polar surface area (TPSA) is 42.0 Å². The van der Waals surface area contributed by atoms with Crippen LogP contribution in [0.15, 0.2) is 53.9 Å². The third kappa shape index (κ3) is 3.68. The molecular formula is C19H17FN2OS. The molecule has 2 aromatic carbocycles. The van der Waals surface area contributed by atoms with Gasteiger partial charge >= 0.3 is 0 Å². The summed E-state index contributed by atoms with van der Waals surface area (Å²) in [5.74, 6) is -0.325. The van der Waals surface area contributed by atoms with Crippen LogP contribution in [0.25, 0.3) is 11.3 Å². The Morgan fingerprint density at radius 2 is 1.92 bits per heavy atom. The van der Waals surface area contributed by atoms with E-state index in [9.17, 15) is 9.18 Å². The van der Waals surface area contributed by atoms with Crippen molar-refractivity contribution in [2.45, 2.75) is 19.8 Å². The zero-order valence-corrected chi connectivity index (χ0v) is 14.2. The van der Waals surface area contributed by atoms with Gasteiger partial charge in [-0.05, 0) is 29.7 Å². The smallest absolute Gasteiger partial charge is 0.257 e. The van der Waals surface area contributed by atoms with E-state index < -0.39 is 5.82 Å². The van der Waals surface area contributed by atoms with Gasteiger partial charge in [-0.25, -0.2) is 9.37 Å². The zero-order chi connectivity index (χ0) is 17.1. The summed E-state index contributed by atoms with van der Waals surface area (Å²) in [5.41, 5.74) is 3.35. The molecule has 1 aromatic heterocycles. The van der Waals surface area contributed by atoms with Gasteiger partial charge in [0.05, 0.1) is 5.69 Å². The third-order valence-corrected chi connectivity index (χ3v) is 4.44. The molecule has 0 aliphatic rings. The van der Waals surface area contributed by atoms with Gasteiger partial charge in [-0.3, -0.25) is 10.1 Å². The van der Waals surface area contributed by atoms with Crippen LogP contribution in [-0.2, 0) is 0 Å². The van der Waals surface area contributed by atoms with E-state index in [0.29, 0.717) is 11.0 Å². The highest BCUT2D eigenvalue weighted by Crippen LogP contribution is 2.26. The Morgan fingerprint density at radius 1 is 1.17 bits per heavy atom. The largest absolute Gasteiger partial charge is 0.298 e. The molecule has 0 saturated heterocycles. The lowest BCUT2D eigenvalue weighted by Crippen LogP contribution is -2.11. The number of nitrogens with zero attached hydrogens (tertiary/aromatic N) is 1. The maximum Gasteiger partial charge on any atom is 0.257 e. The third-order valence-electron chi connectivity index (χ3n) is 3.68.